The fraction of sp³-hybridized carbons (Fsp3) is 0.0769. The normalized spacial score (nSPS) is 16.9. The predicted octanol–water partition coefficient (Wildman–Crippen LogP) is 4.86. The van der Waals surface area contributed by atoms with Crippen molar-refractivity contribution in [2.24, 2.45) is 16.1 Å². The van der Waals surface area contributed by atoms with Crippen LogP contribution >= 0.6 is 0 Å². The molecule has 0 heterocycles. The third kappa shape index (κ3) is 3.55. The van der Waals surface area contributed by atoms with Crippen molar-refractivity contribution in [3.8, 4) is 0 Å². The van der Waals surface area contributed by atoms with Gasteiger partial charge in [-0.05, 0) is 17.2 Å². The minimum absolute atomic E-state index is 0.207. The van der Waals surface area contributed by atoms with E-state index >= 15 is 0 Å². The molecule has 146 valence electrons. The second-order valence-electron chi connectivity index (χ2n) is 6.99. The molecule has 3 aromatic carbocycles. The van der Waals surface area contributed by atoms with Gasteiger partial charge in [0.2, 0.25) is 0 Å². The van der Waals surface area contributed by atoms with Gasteiger partial charge in [0, 0.05) is 17.3 Å². The van der Waals surface area contributed by atoms with Crippen LogP contribution in [0, 0.1) is 5.92 Å². The molecule has 4 rings (SSSR count). The molecule has 3 aromatic rings. The summed E-state index contributed by atoms with van der Waals surface area (Å²) in [6, 6.07) is 26.2. The van der Waals surface area contributed by atoms with E-state index in [4.69, 9.17) is 0 Å². The maximum Gasteiger partial charge on any atom is 0.180 e. The van der Waals surface area contributed by atoms with Gasteiger partial charge in [0.1, 0.15) is 5.92 Å². The van der Waals surface area contributed by atoms with Crippen LogP contribution in [0.1, 0.15) is 33.0 Å². The zero-order chi connectivity index (χ0) is 20.9. The summed E-state index contributed by atoms with van der Waals surface area (Å²) >= 11 is 0. The van der Waals surface area contributed by atoms with Crippen LogP contribution in [0.15, 0.2) is 108 Å². The van der Waals surface area contributed by atoms with Crippen LogP contribution in [0.4, 0.5) is 0 Å². The molecule has 0 bridgehead atoms. The molecule has 0 N–H and O–H groups in total. The Kier molecular flexibility index (Phi) is 5.57. The molecule has 0 radical (unpaired) electrons. The first-order valence-corrected chi connectivity index (χ1v) is 9.71. The van der Waals surface area contributed by atoms with Crippen LogP contribution in [0.5, 0.6) is 0 Å². The molecule has 4 heteroatoms. The summed E-state index contributed by atoms with van der Waals surface area (Å²) in [5, 5.41) is 8.23. The number of carbonyl (C=O) groups is 2. The van der Waals surface area contributed by atoms with Crippen molar-refractivity contribution in [3.05, 3.63) is 120 Å². The topological polar surface area (TPSA) is 58.9 Å². The predicted molar refractivity (Wildman–Crippen MR) is 119 cm³/mol. The Morgan fingerprint density at radius 1 is 0.833 bits per heavy atom. The van der Waals surface area contributed by atoms with Crippen molar-refractivity contribution in [2.75, 3.05) is 0 Å². The third-order valence-corrected chi connectivity index (χ3v) is 5.18. The minimum Gasteiger partial charge on any atom is -0.297 e. The first-order valence-electron chi connectivity index (χ1n) is 9.71. The summed E-state index contributed by atoms with van der Waals surface area (Å²) in [5.41, 5.74) is 3.22. The average Bonchev–Trinajstić information content (AvgIpc) is 3.07. The lowest BCUT2D eigenvalue weighted by atomic mass is 9.80. The highest BCUT2D eigenvalue weighted by molar-refractivity contribution is 6.38. The molecule has 1 unspecified atom stereocenters. The second kappa shape index (κ2) is 8.62. The van der Waals surface area contributed by atoms with E-state index in [1.807, 2.05) is 72.8 Å². The van der Waals surface area contributed by atoms with Crippen molar-refractivity contribution in [1.82, 2.24) is 0 Å². The molecule has 30 heavy (non-hydrogen) atoms. The summed E-state index contributed by atoms with van der Waals surface area (Å²) in [6.07, 6.45) is 2.94. The SMILES string of the molecule is C=CC=NN=C1c2ccccc2C(=O)C1C(=O)C(c1ccccc1)c1ccccc1. The summed E-state index contributed by atoms with van der Waals surface area (Å²) in [6.45, 7) is 3.59. The lowest BCUT2D eigenvalue weighted by Crippen LogP contribution is -2.31. The molecule has 1 aliphatic carbocycles. The quantitative estimate of drug-likeness (QED) is 0.342. The van der Waals surface area contributed by atoms with Crippen LogP contribution in [-0.4, -0.2) is 23.5 Å². The zero-order valence-electron chi connectivity index (χ0n) is 16.3. The molecule has 1 atom stereocenters. The molecule has 0 spiro atoms. The Bertz CT molecular complexity index is 1110. The summed E-state index contributed by atoms with van der Waals surface area (Å²) < 4.78 is 0. The van der Waals surface area contributed by atoms with E-state index in [0.29, 0.717) is 16.8 Å². The molecule has 0 amide bonds. The van der Waals surface area contributed by atoms with Gasteiger partial charge in [-0.3, -0.25) is 9.59 Å². The lowest BCUT2D eigenvalue weighted by molar-refractivity contribution is -0.120. The first kappa shape index (κ1) is 19.4. The maximum atomic E-state index is 13.9. The van der Waals surface area contributed by atoms with Gasteiger partial charge in [-0.15, -0.1) is 0 Å². The molecule has 0 aromatic heterocycles. The van der Waals surface area contributed by atoms with E-state index in [2.05, 4.69) is 16.8 Å². The number of Topliss-reactive ketones (excluding diaryl/α,β-unsaturated/α-hetero) is 2. The highest BCUT2D eigenvalue weighted by atomic mass is 16.2. The fourth-order valence-electron chi connectivity index (χ4n) is 3.85. The second-order valence-corrected chi connectivity index (χ2v) is 6.99. The lowest BCUT2D eigenvalue weighted by Gasteiger charge is -2.20. The molecular formula is C26H20N2O2. The first-order chi connectivity index (χ1) is 14.7. The number of hydrogen-bond acceptors (Lipinski definition) is 4. The molecule has 0 aliphatic heterocycles. The van der Waals surface area contributed by atoms with Gasteiger partial charge in [-0.1, -0.05) is 91.5 Å². The number of carbonyl (C=O) groups excluding carboxylic acids is 2. The van der Waals surface area contributed by atoms with Crippen molar-refractivity contribution < 1.29 is 9.59 Å². The number of hydrogen-bond donors (Lipinski definition) is 0. The van der Waals surface area contributed by atoms with E-state index in [9.17, 15) is 9.59 Å². The van der Waals surface area contributed by atoms with E-state index in [0.717, 1.165) is 11.1 Å². The van der Waals surface area contributed by atoms with E-state index in [1.165, 1.54) is 12.3 Å². The number of benzene rings is 3. The van der Waals surface area contributed by atoms with Crippen molar-refractivity contribution >= 4 is 23.5 Å². The van der Waals surface area contributed by atoms with Gasteiger partial charge in [-0.2, -0.15) is 10.2 Å². The molecule has 0 saturated carbocycles. The van der Waals surface area contributed by atoms with Crippen LogP contribution in [0.3, 0.4) is 0 Å². The van der Waals surface area contributed by atoms with Crippen molar-refractivity contribution in [1.29, 1.82) is 0 Å². The van der Waals surface area contributed by atoms with Crippen LogP contribution < -0.4 is 0 Å². The summed E-state index contributed by atoms with van der Waals surface area (Å²) in [4.78, 5) is 27.2. The van der Waals surface area contributed by atoms with Gasteiger partial charge < -0.3 is 0 Å². The maximum absolute atomic E-state index is 13.9. The number of rotatable bonds is 6. The molecule has 1 aliphatic rings. The Balaban J connectivity index is 1.84. The summed E-state index contributed by atoms with van der Waals surface area (Å²) in [7, 11) is 0. The Morgan fingerprint density at radius 2 is 1.37 bits per heavy atom. The van der Waals surface area contributed by atoms with Gasteiger partial charge in [0.25, 0.3) is 0 Å². The average molecular weight is 392 g/mol. The standard InChI is InChI=1S/C26H20N2O2/c1-2-17-27-28-24-20-15-9-10-16-21(20)25(29)23(24)26(30)22(18-11-5-3-6-12-18)19-13-7-4-8-14-19/h2-17,22-23H,1H2. The molecule has 4 nitrogen and oxygen atoms in total. The smallest absolute Gasteiger partial charge is 0.180 e. The largest absolute Gasteiger partial charge is 0.297 e. The fourth-order valence-corrected chi connectivity index (χ4v) is 3.85. The van der Waals surface area contributed by atoms with Crippen molar-refractivity contribution in [2.45, 2.75) is 5.92 Å². The Labute approximate surface area is 175 Å². The zero-order valence-corrected chi connectivity index (χ0v) is 16.3. The molecular weight excluding hydrogens is 372 g/mol. The highest BCUT2D eigenvalue weighted by Gasteiger charge is 2.44. The van der Waals surface area contributed by atoms with Gasteiger partial charge in [0.05, 0.1) is 11.6 Å². The molecule has 0 saturated heterocycles. The van der Waals surface area contributed by atoms with Gasteiger partial charge in [0.15, 0.2) is 11.6 Å². The number of allylic oxidation sites excluding steroid dienone is 1. The van der Waals surface area contributed by atoms with E-state index in [-0.39, 0.29) is 11.6 Å². The Hall–Kier alpha value is -3.92. The van der Waals surface area contributed by atoms with Gasteiger partial charge >= 0.3 is 0 Å². The van der Waals surface area contributed by atoms with Crippen molar-refractivity contribution in [3.63, 3.8) is 0 Å². The van der Waals surface area contributed by atoms with E-state index < -0.39 is 11.8 Å². The number of nitrogens with zero attached hydrogens (tertiary/aromatic N) is 2. The number of ketones is 2. The molecule has 0 fully saturated rings. The summed E-state index contributed by atoms with van der Waals surface area (Å²) in [5.74, 6) is -2.03. The van der Waals surface area contributed by atoms with Crippen LogP contribution in [0.2, 0.25) is 0 Å². The van der Waals surface area contributed by atoms with Gasteiger partial charge in [-0.25, -0.2) is 0 Å². The van der Waals surface area contributed by atoms with Crippen LogP contribution in [0.25, 0.3) is 0 Å². The third-order valence-electron chi connectivity index (χ3n) is 5.18. The van der Waals surface area contributed by atoms with Crippen LogP contribution in [-0.2, 0) is 4.79 Å². The minimum atomic E-state index is -1.00. The monoisotopic (exact) mass is 392 g/mol. The Morgan fingerprint density at radius 3 is 1.93 bits per heavy atom. The van der Waals surface area contributed by atoms with E-state index in [1.54, 1.807) is 12.1 Å². The highest BCUT2D eigenvalue weighted by Crippen LogP contribution is 2.35. The number of fused-ring (bicyclic) bond motifs is 1.